The number of benzene rings is 3. The van der Waals surface area contributed by atoms with Crippen LogP contribution in [0.5, 0.6) is 0 Å². The quantitative estimate of drug-likeness (QED) is 0.446. The van der Waals surface area contributed by atoms with Crippen molar-refractivity contribution < 1.29 is 9.18 Å². The van der Waals surface area contributed by atoms with Crippen molar-refractivity contribution in [1.82, 2.24) is 9.66 Å². The van der Waals surface area contributed by atoms with E-state index in [4.69, 9.17) is 11.6 Å². The van der Waals surface area contributed by atoms with Gasteiger partial charge in [0, 0.05) is 5.56 Å². The number of halogens is 2. The number of nitrogens with one attached hydrogen (secondary N) is 1. The minimum atomic E-state index is -0.651. The summed E-state index contributed by atoms with van der Waals surface area (Å²) in [5.74, 6) is -0.932. The number of carbonyl (C=O) groups excluding carboxylic acids is 1. The van der Waals surface area contributed by atoms with Crippen LogP contribution in [0.15, 0.2) is 71.5 Å². The van der Waals surface area contributed by atoms with E-state index >= 15 is 0 Å². The van der Waals surface area contributed by atoms with Gasteiger partial charge in [0.2, 0.25) is 0 Å². The second-order valence-corrected chi connectivity index (χ2v) is 8.89. The van der Waals surface area contributed by atoms with E-state index in [1.54, 1.807) is 24.3 Å². The van der Waals surface area contributed by atoms with Crippen molar-refractivity contribution in [2.45, 2.75) is 26.2 Å². The summed E-state index contributed by atoms with van der Waals surface area (Å²) < 4.78 is 14.5. The van der Waals surface area contributed by atoms with Crippen LogP contribution in [0.4, 0.5) is 4.39 Å². The molecule has 162 valence electrons. The summed E-state index contributed by atoms with van der Waals surface area (Å²) >= 11 is 6.04. The van der Waals surface area contributed by atoms with E-state index in [1.807, 2.05) is 24.3 Å². The Balaban J connectivity index is 1.86. The van der Waals surface area contributed by atoms with Gasteiger partial charge in [-0.3, -0.25) is 15.0 Å². The standard InChI is InChI=1S/C25H21ClFN3O2/c1-25(2,3)16-10-8-15(9-11-16)22-28-21-7-5-4-6-19(21)24(32)30(22)29-23(31)18-13-12-17(27)14-20(18)26/h4-14H,1-3H3,(H,29,31). The van der Waals surface area contributed by atoms with Crippen LogP contribution >= 0.6 is 11.6 Å². The third-order valence-electron chi connectivity index (χ3n) is 5.17. The zero-order valence-electron chi connectivity index (χ0n) is 17.8. The zero-order valence-corrected chi connectivity index (χ0v) is 18.6. The molecule has 1 heterocycles. The maximum atomic E-state index is 13.4. The van der Waals surface area contributed by atoms with Gasteiger partial charge < -0.3 is 0 Å². The lowest BCUT2D eigenvalue weighted by Crippen LogP contribution is -2.35. The van der Waals surface area contributed by atoms with E-state index in [2.05, 4.69) is 31.2 Å². The van der Waals surface area contributed by atoms with E-state index in [0.29, 0.717) is 16.5 Å². The number of aromatic nitrogens is 2. The second kappa shape index (κ2) is 8.20. The van der Waals surface area contributed by atoms with Crippen LogP contribution in [0.25, 0.3) is 22.3 Å². The Bertz CT molecular complexity index is 1390. The predicted molar refractivity (Wildman–Crippen MR) is 125 cm³/mol. The van der Waals surface area contributed by atoms with Crippen LogP contribution in [-0.2, 0) is 5.41 Å². The van der Waals surface area contributed by atoms with E-state index in [0.717, 1.165) is 22.4 Å². The van der Waals surface area contributed by atoms with Gasteiger partial charge in [0.1, 0.15) is 5.82 Å². The molecule has 0 saturated carbocycles. The summed E-state index contributed by atoms with van der Waals surface area (Å²) in [6.07, 6.45) is 0. The highest BCUT2D eigenvalue weighted by atomic mass is 35.5. The topological polar surface area (TPSA) is 64.0 Å². The van der Waals surface area contributed by atoms with Crippen molar-refractivity contribution in [1.29, 1.82) is 0 Å². The van der Waals surface area contributed by atoms with Gasteiger partial charge >= 0.3 is 0 Å². The largest absolute Gasteiger partial charge is 0.280 e. The smallest absolute Gasteiger partial charge is 0.267 e. The van der Waals surface area contributed by atoms with E-state index in [9.17, 15) is 14.0 Å². The van der Waals surface area contributed by atoms with Crippen LogP contribution in [0.2, 0.25) is 5.02 Å². The molecule has 1 N–H and O–H groups in total. The number of amides is 1. The molecule has 7 heteroatoms. The summed E-state index contributed by atoms with van der Waals surface area (Å²) in [5, 5.41) is 0.299. The maximum absolute atomic E-state index is 13.4. The molecule has 0 aliphatic rings. The lowest BCUT2D eigenvalue weighted by molar-refractivity contribution is 0.101. The molecule has 0 unspecified atom stereocenters. The van der Waals surface area contributed by atoms with Crippen LogP contribution in [0.3, 0.4) is 0 Å². The summed E-state index contributed by atoms with van der Waals surface area (Å²) in [4.78, 5) is 30.8. The maximum Gasteiger partial charge on any atom is 0.280 e. The number of nitrogens with zero attached hydrogens (tertiary/aromatic N) is 2. The van der Waals surface area contributed by atoms with Gasteiger partial charge in [-0.2, -0.15) is 4.68 Å². The Morgan fingerprint density at radius 1 is 1.03 bits per heavy atom. The number of fused-ring (bicyclic) bond motifs is 1. The monoisotopic (exact) mass is 449 g/mol. The highest BCUT2D eigenvalue weighted by Crippen LogP contribution is 2.26. The molecule has 1 aromatic heterocycles. The highest BCUT2D eigenvalue weighted by molar-refractivity contribution is 6.34. The van der Waals surface area contributed by atoms with Crippen molar-refractivity contribution in [2.24, 2.45) is 0 Å². The van der Waals surface area contributed by atoms with Gasteiger partial charge in [0.25, 0.3) is 11.5 Å². The fourth-order valence-corrected chi connectivity index (χ4v) is 3.64. The van der Waals surface area contributed by atoms with Crippen molar-refractivity contribution in [3.05, 3.63) is 99.1 Å². The van der Waals surface area contributed by atoms with E-state index < -0.39 is 17.3 Å². The molecule has 0 saturated heterocycles. The van der Waals surface area contributed by atoms with Crippen molar-refractivity contribution in [3.63, 3.8) is 0 Å². The van der Waals surface area contributed by atoms with Crippen LogP contribution < -0.4 is 11.0 Å². The second-order valence-electron chi connectivity index (χ2n) is 8.49. The molecule has 4 rings (SSSR count). The number of rotatable bonds is 3. The third kappa shape index (κ3) is 4.14. The van der Waals surface area contributed by atoms with Gasteiger partial charge in [-0.15, -0.1) is 0 Å². The fourth-order valence-electron chi connectivity index (χ4n) is 3.38. The average Bonchev–Trinajstić information content (AvgIpc) is 2.75. The number of hydrogen-bond donors (Lipinski definition) is 1. The normalized spacial score (nSPS) is 11.5. The first kappa shape index (κ1) is 21.7. The Kier molecular flexibility index (Phi) is 5.57. The van der Waals surface area contributed by atoms with Crippen molar-refractivity contribution >= 4 is 28.4 Å². The molecule has 0 aliphatic heterocycles. The summed E-state index contributed by atoms with van der Waals surface area (Å²) in [6.45, 7) is 6.33. The summed E-state index contributed by atoms with van der Waals surface area (Å²) in [5.41, 5.74) is 4.45. The lowest BCUT2D eigenvalue weighted by atomic mass is 9.86. The summed E-state index contributed by atoms with van der Waals surface area (Å²) in [7, 11) is 0. The minimum absolute atomic E-state index is 0.0391. The van der Waals surface area contributed by atoms with Gasteiger partial charge in [-0.05, 0) is 41.3 Å². The number of para-hydroxylation sites is 1. The molecule has 0 spiro atoms. The van der Waals surface area contributed by atoms with Crippen LogP contribution in [0.1, 0.15) is 36.7 Å². The first-order valence-corrected chi connectivity index (χ1v) is 10.4. The first-order chi connectivity index (χ1) is 15.1. The molecule has 5 nitrogen and oxygen atoms in total. The molecule has 32 heavy (non-hydrogen) atoms. The van der Waals surface area contributed by atoms with E-state index in [1.165, 1.54) is 6.07 Å². The van der Waals surface area contributed by atoms with Gasteiger partial charge in [-0.1, -0.05) is 68.8 Å². The summed E-state index contributed by atoms with van der Waals surface area (Å²) in [6, 6.07) is 18.0. The van der Waals surface area contributed by atoms with E-state index in [-0.39, 0.29) is 21.8 Å². The average molecular weight is 450 g/mol. The zero-order chi connectivity index (χ0) is 23.0. The molecule has 0 atom stereocenters. The molecular weight excluding hydrogens is 429 g/mol. The minimum Gasteiger partial charge on any atom is -0.267 e. The molecular formula is C25H21ClFN3O2. The SMILES string of the molecule is CC(C)(C)c1ccc(-c2nc3ccccc3c(=O)n2NC(=O)c2ccc(F)cc2Cl)cc1. The molecule has 3 aromatic carbocycles. The molecule has 0 aliphatic carbocycles. The van der Waals surface area contributed by atoms with Crippen molar-refractivity contribution in [3.8, 4) is 11.4 Å². The number of carbonyl (C=O) groups is 1. The fraction of sp³-hybridized carbons (Fsp3) is 0.160. The Labute approximate surface area is 189 Å². The predicted octanol–water partition coefficient (Wildman–Crippen LogP) is 5.54. The molecule has 0 fully saturated rings. The molecule has 0 radical (unpaired) electrons. The molecule has 4 aromatic rings. The Morgan fingerprint density at radius 2 is 1.72 bits per heavy atom. The van der Waals surface area contributed by atoms with Crippen LogP contribution in [-0.4, -0.2) is 15.6 Å². The van der Waals surface area contributed by atoms with Gasteiger partial charge in [0.05, 0.1) is 21.5 Å². The first-order valence-electron chi connectivity index (χ1n) is 10.0. The highest BCUT2D eigenvalue weighted by Gasteiger charge is 2.19. The Morgan fingerprint density at radius 3 is 2.38 bits per heavy atom. The Hall–Kier alpha value is -3.51. The number of hydrogen-bond acceptors (Lipinski definition) is 3. The lowest BCUT2D eigenvalue weighted by Gasteiger charge is -2.20. The van der Waals surface area contributed by atoms with Crippen molar-refractivity contribution in [2.75, 3.05) is 5.43 Å². The van der Waals surface area contributed by atoms with Gasteiger partial charge in [0.15, 0.2) is 5.82 Å². The molecule has 0 bridgehead atoms. The molecule has 1 amide bonds. The van der Waals surface area contributed by atoms with Crippen LogP contribution in [0, 0.1) is 5.82 Å². The van der Waals surface area contributed by atoms with Gasteiger partial charge in [-0.25, -0.2) is 9.37 Å². The third-order valence-corrected chi connectivity index (χ3v) is 5.49.